The Morgan fingerprint density at radius 1 is 1.39 bits per heavy atom. The second-order valence-corrected chi connectivity index (χ2v) is 5.37. The number of halogens is 2. The van der Waals surface area contributed by atoms with Gasteiger partial charge in [0.15, 0.2) is 0 Å². The predicted octanol–water partition coefficient (Wildman–Crippen LogP) is 3.38. The van der Waals surface area contributed by atoms with Crippen molar-refractivity contribution in [3.63, 3.8) is 0 Å². The fourth-order valence-corrected chi connectivity index (χ4v) is 2.12. The van der Waals surface area contributed by atoms with Crippen molar-refractivity contribution in [1.82, 2.24) is 5.32 Å². The van der Waals surface area contributed by atoms with Crippen molar-refractivity contribution in [1.29, 1.82) is 0 Å². The first-order chi connectivity index (χ1) is 8.58. The number of hydrogen-bond donors (Lipinski definition) is 2. The average molecular weight is 287 g/mol. The van der Waals surface area contributed by atoms with Crippen LogP contribution in [0.2, 0.25) is 10.0 Å². The van der Waals surface area contributed by atoms with E-state index >= 15 is 0 Å². The first-order valence-corrected chi connectivity index (χ1v) is 6.81. The third-order valence-corrected chi connectivity index (χ3v) is 3.71. The van der Waals surface area contributed by atoms with Crippen LogP contribution in [0.3, 0.4) is 0 Å². The lowest BCUT2D eigenvalue weighted by atomic mass is 10.2. The smallest absolute Gasteiger partial charge is 0.225 e. The SMILES string of the molecule is Cc1ccc(Cl)c(NC(=O)CCNC2CC2)c1Cl. The minimum absolute atomic E-state index is 0.0717. The van der Waals surface area contributed by atoms with Crippen LogP contribution in [0.25, 0.3) is 0 Å². The lowest BCUT2D eigenvalue weighted by Crippen LogP contribution is -2.23. The van der Waals surface area contributed by atoms with Crippen molar-refractivity contribution in [3.05, 3.63) is 27.7 Å². The van der Waals surface area contributed by atoms with Gasteiger partial charge in [0.2, 0.25) is 5.91 Å². The van der Waals surface area contributed by atoms with Crippen molar-refractivity contribution < 1.29 is 4.79 Å². The summed E-state index contributed by atoms with van der Waals surface area (Å²) in [6.45, 7) is 2.57. The molecule has 3 nitrogen and oxygen atoms in total. The molecule has 5 heteroatoms. The second kappa shape index (κ2) is 5.91. The maximum atomic E-state index is 11.8. The van der Waals surface area contributed by atoms with Crippen molar-refractivity contribution in [3.8, 4) is 0 Å². The third kappa shape index (κ3) is 3.61. The first-order valence-electron chi connectivity index (χ1n) is 6.06. The van der Waals surface area contributed by atoms with Crippen LogP contribution in [0.5, 0.6) is 0 Å². The van der Waals surface area contributed by atoms with E-state index in [0.29, 0.717) is 34.7 Å². The predicted molar refractivity (Wildman–Crippen MR) is 75.5 cm³/mol. The summed E-state index contributed by atoms with van der Waals surface area (Å²) in [7, 11) is 0. The van der Waals surface area contributed by atoms with Crippen LogP contribution in [0, 0.1) is 6.92 Å². The molecule has 18 heavy (non-hydrogen) atoms. The van der Waals surface area contributed by atoms with E-state index in [1.807, 2.05) is 13.0 Å². The molecule has 1 aliphatic carbocycles. The van der Waals surface area contributed by atoms with Crippen LogP contribution in [0.4, 0.5) is 5.69 Å². The molecule has 0 unspecified atom stereocenters. The molecule has 1 aliphatic rings. The Labute approximate surface area is 117 Å². The van der Waals surface area contributed by atoms with Gasteiger partial charge in [-0.2, -0.15) is 0 Å². The van der Waals surface area contributed by atoms with E-state index in [-0.39, 0.29) is 5.91 Å². The molecule has 98 valence electrons. The van der Waals surface area contributed by atoms with Gasteiger partial charge in [-0.25, -0.2) is 0 Å². The highest BCUT2D eigenvalue weighted by Crippen LogP contribution is 2.32. The maximum Gasteiger partial charge on any atom is 0.225 e. The number of nitrogens with one attached hydrogen (secondary N) is 2. The molecule has 1 amide bonds. The second-order valence-electron chi connectivity index (χ2n) is 4.58. The van der Waals surface area contributed by atoms with E-state index in [1.165, 1.54) is 12.8 Å². The molecule has 0 saturated heterocycles. The largest absolute Gasteiger partial charge is 0.323 e. The summed E-state index contributed by atoms with van der Waals surface area (Å²) in [6.07, 6.45) is 2.87. The van der Waals surface area contributed by atoms with Gasteiger partial charge in [0, 0.05) is 19.0 Å². The molecule has 1 aromatic rings. The average Bonchev–Trinajstić information content (AvgIpc) is 3.14. The van der Waals surface area contributed by atoms with Gasteiger partial charge in [-0.3, -0.25) is 4.79 Å². The Hall–Kier alpha value is -0.770. The molecular formula is C13H16Cl2N2O. The summed E-state index contributed by atoms with van der Waals surface area (Å²) >= 11 is 12.1. The third-order valence-electron chi connectivity index (χ3n) is 2.91. The molecule has 1 saturated carbocycles. The van der Waals surface area contributed by atoms with E-state index in [4.69, 9.17) is 23.2 Å². The molecule has 0 aliphatic heterocycles. The summed E-state index contributed by atoms with van der Waals surface area (Å²) < 4.78 is 0. The number of carbonyl (C=O) groups is 1. The molecule has 1 fully saturated rings. The van der Waals surface area contributed by atoms with Crippen molar-refractivity contribution >= 4 is 34.8 Å². The number of hydrogen-bond acceptors (Lipinski definition) is 2. The molecule has 0 spiro atoms. The van der Waals surface area contributed by atoms with Gasteiger partial charge in [0.25, 0.3) is 0 Å². The zero-order valence-electron chi connectivity index (χ0n) is 10.2. The van der Waals surface area contributed by atoms with Crippen LogP contribution >= 0.6 is 23.2 Å². The first kappa shape index (κ1) is 13.7. The topological polar surface area (TPSA) is 41.1 Å². The highest BCUT2D eigenvalue weighted by Gasteiger charge is 2.20. The van der Waals surface area contributed by atoms with Gasteiger partial charge >= 0.3 is 0 Å². The Morgan fingerprint density at radius 2 is 2.11 bits per heavy atom. The van der Waals surface area contributed by atoms with E-state index in [0.717, 1.165) is 5.56 Å². The fourth-order valence-electron chi connectivity index (χ4n) is 1.65. The number of benzene rings is 1. The molecule has 0 bridgehead atoms. The van der Waals surface area contributed by atoms with Gasteiger partial charge in [-0.05, 0) is 31.4 Å². The fraction of sp³-hybridized carbons (Fsp3) is 0.462. The van der Waals surface area contributed by atoms with Crippen LogP contribution in [-0.2, 0) is 4.79 Å². The summed E-state index contributed by atoms with van der Waals surface area (Å²) in [4.78, 5) is 11.8. The Bertz CT molecular complexity index is 459. The lowest BCUT2D eigenvalue weighted by molar-refractivity contribution is -0.116. The van der Waals surface area contributed by atoms with Gasteiger partial charge in [-0.1, -0.05) is 29.3 Å². The van der Waals surface area contributed by atoms with Gasteiger partial charge in [-0.15, -0.1) is 0 Å². The number of aryl methyl sites for hydroxylation is 1. The standard InChI is InChI=1S/C13H16Cl2N2O/c1-8-2-5-10(14)13(12(8)15)17-11(18)6-7-16-9-3-4-9/h2,5,9,16H,3-4,6-7H2,1H3,(H,17,18). The molecular weight excluding hydrogens is 271 g/mol. The number of rotatable bonds is 5. The minimum atomic E-state index is -0.0717. The molecule has 0 radical (unpaired) electrons. The minimum Gasteiger partial charge on any atom is -0.323 e. The van der Waals surface area contributed by atoms with Crippen LogP contribution in [0.1, 0.15) is 24.8 Å². The Morgan fingerprint density at radius 3 is 2.78 bits per heavy atom. The lowest BCUT2D eigenvalue weighted by Gasteiger charge is -2.11. The summed E-state index contributed by atoms with van der Waals surface area (Å²) in [5.74, 6) is -0.0717. The normalized spacial score (nSPS) is 14.6. The van der Waals surface area contributed by atoms with Gasteiger partial charge in [0.05, 0.1) is 15.7 Å². The van der Waals surface area contributed by atoms with Gasteiger partial charge in [0.1, 0.15) is 0 Å². The monoisotopic (exact) mass is 286 g/mol. The molecule has 0 aromatic heterocycles. The van der Waals surface area contributed by atoms with Crippen LogP contribution < -0.4 is 10.6 Å². The number of carbonyl (C=O) groups excluding carboxylic acids is 1. The van der Waals surface area contributed by atoms with Gasteiger partial charge < -0.3 is 10.6 Å². The number of anilines is 1. The zero-order chi connectivity index (χ0) is 13.1. The van der Waals surface area contributed by atoms with E-state index < -0.39 is 0 Å². The maximum absolute atomic E-state index is 11.8. The van der Waals surface area contributed by atoms with Crippen LogP contribution in [-0.4, -0.2) is 18.5 Å². The summed E-state index contributed by atoms with van der Waals surface area (Å²) in [6, 6.07) is 4.18. The molecule has 1 aromatic carbocycles. The molecule has 0 heterocycles. The van der Waals surface area contributed by atoms with Crippen LogP contribution in [0.15, 0.2) is 12.1 Å². The Balaban J connectivity index is 1.91. The van der Waals surface area contributed by atoms with Crippen molar-refractivity contribution in [2.75, 3.05) is 11.9 Å². The van der Waals surface area contributed by atoms with Crippen molar-refractivity contribution in [2.24, 2.45) is 0 Å². The highest BCUT2D eigenvalue weighted by atomic mass is 35.5. The van der Waals surface area contributed by atoms with E-state index in [1.54, 1.807) is 6.07 Å². The quantitative estimate of drug-likeness (QED) is 0.871. The Kier molecular flexibility index (Phi) is 4.49. The zero-order valence-corrected chi connectivity index (χ0v) is 11.7. The summed E-state index contributed by atoms with van der Waals surface area (Å²) in [5.41, 5.74) is 1.40. The molecule has 2 N–H and O–H groups in total. The number of amides is 1. The molecule has 0 atom stereocenters. The van der Waals surface area contributed by atoms with Crippen molar-refractivity contribution in [2.45, 2.75) is 32.2 Å². The summed E-state index contributed by atoms with van der Waals surface area (Å²) in [5, 5.41) is 7.03. The molecule has 2 rings (SSSR count). The highest BCUT2D eigenvalue weighted by molar-refractivity contribution is 6.40. The van der Waals surface area contributed by atoms with E-state index in [2.05, 4.69) is 10.6 Å². The van der Waals surface area contributed by atoms with E-state index in [9.17, 15) is 4.79 Å².